The monoisotopic (exact) mass is 320 g/mol. The lowest BCUT2D eigenvalue weighted by molar-refractivity contribution is -0.144. The molecule has 4 fully saturated rings. The average Bonchev–Trinajstić information content (AvgIpc) is 2.49. The second kappa shape index (κ2) is 6.67. The molecule has 0 heterocycles. The minimum atomic E-state index is -0.0453. The third-order valence-corrected chi connectivity index (χ3v) is 7.63. The van der Waals surface area contributed by atoms with Crippen molar-refractivity contribution in [1.82, 2.24) is 0 Å². The van der Waals surface area contributed by atoms with Crippen molar-refractivity contribution in [2.45, 2.75) is 115 Å². The van der Waals surface area contributed by atoms with Crippen LogP contribution in [0.15, 0.2) is 0 Å². The first kappa shape index (κ1) is 17.7. The van der Waals surface area contributed by atoms with Gasteiger partial charge in [-0.25, -0.2) is 0 Å². The van der Waals surface area contributed by atoms with Gasteiger partial charge in [0.2, 0.25) is 0 Å². The van der Waals surface area contributed by atoms with Crippen molar-refractivity contribution in [3.63, 3.8) is 0 Å². The van der Waals surface area contributed by atoms with Crippen molar-refractivity contribution in [2.75, 3.05) is 0 Å². The highest BCUT2D eigenvalue weighted by atomic mass is 14.9. The van der Waals surface area contributed by atoms with E-state index in [2.05, 4.69) is 13.8 Å². The zero-order valence-corrected chi connectivity index (χ0v) is 15.7. The lowest BCUT2D eigenvalue weighted by Gasteiger charge is -2.69. The SMILES string of the molecule is CCCCCCC12CC3CC(N)(C1)C(N)C(CCCCC)(C3)C2. The van der Waals surface area contributed by atoms with Crippen LogP contribution in [0.3, 0.4) is 0 Å². The number of unbranched alkanes of at least 4 members (excludes halogenated alkanes) is 5. The maximum absolute atomic E-state index is 6.94. The second-order valence-corrected chi connectivity index (χ2v) is 9.67. The summed E-state index contributed by atoms with van der Waals surface area (Å²) in [5.41, 5.74) is 14.7. The van der Waals surface area contributed by atoms with E-state index in [9.17, 15) is 0 Å². The molecule has 2 nitrogen and oxygen atoms in total. The van der Waals surface area contributed by atoms with E-state index >= 15 is 0 Å². The van der Waals surface area contributed by atoms with Crippen molar-refractivity contribution in [2.24, 2.45) is 28.2 Å². The lowest BCUT2D eigenvalue weighted by atomic mass is 9.39. The van der Waals surface area contributed by atoms with Crippen molar-refractivity contribution in [3.05, 3.63) is 0 Å². The van der Waals surface area contributed by atoms with Crippen LogP contribution < -0.4 is 11.5 Å². The molecule has 4 N–H and O–H groups in total. The molecule has 4 saturated carbocycles. The molecule has 5 unspecified atom stereocenters. The highest BCUT2D eigenvalue weighted by molar-refractivity contribution is 5.21. The summed E-state index contributed by atoms with van der Waals surface area (Å²) in [4.78, 5) is 0. The van der Waals surface area contributed by atoms with E-state index in [1.165, 1.54) is 89.9 Å². The van der Waals surface area contributed by atoms with Gasteiger partial charge in [0.1, 0.15) is 0 Å². The smallest absolute Gasteiger partial charge is 0.0321 e. The Bertz CT molecular complexity index is 409. The number of rotatable bonds is 9. The molecule has 134 valence electrons. The summed E-state index contributed by atoms with van der Waals surface area (Å²) in [6.45, 7) is 4.61. The first-order chi connectivity index (χ1) is 11.0. The van der Waals surface area contributed by atoms with Gasteiger partial charge in [-0.2, -0.15) is 0 Å². The van der Waals surface area contributed by atoms with E-state index < -0.39 is 0 Å². The number of hydrogen-bond acceptors (Lipinski definition) is 2. The van der Waals surface area contributed by atoms with Crippen LogP contribution in [0.4, 0.5) is 0 Å². The molecule has 2 heteroatoms. The standard InChI is InChI=1S/C21H40N2/c1-3-5-7-9-10-19-12-17-13-20(15-19,11-8-6-4-2)18(22)21(23,14-17)16-19/h17-18H,3-16,22-23H2,1-2H3. The molecule has 0 amide bonds. The Hall–Kier alpha value is -0.0800. The van der Waals surface area contributed by atoms with Gasteiger partial charge in [0.05, 0.1) is 0 Å². The van der Waals surface area contributed by atoms with E-state index in [1.54, 1.807) is 0 Å². The summed E-state index contributed by atoms with van der Waals surface area (Å²) in [6.07, 6.45) is 19.0. The van der Waals surface area contributed by atoms with Crippen LogP contribution in [0.25, 0.3) is 0 Å². The average molecular weight is 321 g/mol. The van der Waals surface area contributed by atoms with E-state index in [0.29, 0.717) is 10.8 Å². The quantitative estimate of drug-likeness (QED) is 0.578. The molecule has 4 aliphatic carbocycles. The van der Waals surface area contributed by atoms with E-state index in [1.807, 2.05) is 0 Å². The Balaban J connectivity index is 1.73. The summed E-state index contributed by atoms with van der Waals surface area (Å²) < 4.78 is 0. The van der Waals surface area contributed by atoms with E-state index in [4.69, 9.17) is 11.5 Å². The van der Waals surface area contributed by atoms with E-state index in [-0.39, 0.29) is 11.6 Å². The fourth-order valence-corrected chi connectivity index (χ4v) is 7.10. The molecule has 0 spiro atoms. The highest BCUT2D eigenvalue weighted by Crippen LogP contribution is 2.68. The highest BCUT2D eigenvalue weighted by Gasteiger charge is 2.65. The molecule has 4 rings (SSSR count). The zero-order valence-electron chi connectivity index (χ0n) is 15.7. The molecule has 0 radical (unpaired) electrons. The third-order valence-electron chi connectivity index (χ3n) is 7.63. The summed E-state index contributed by atoms with van der Waals surface area (Å²) >= 11 is 0. The van der Waals surface area contributed by atoms with Crippen LogP contribution in [0.1, 0.15) is 104 Å². The van der Waals surface area contributed by atoms with Gasteiger partial charge in [-0.15, -0.1) is 0 Å². The van der Waals surface area contributed by atoms with Gasteiger partial charge in [0.25, 0.3) is 0 Å². The van der Waals surface area contributed by atoms with Crippen LogP contribution in [-0.4, -0.2) is 11.6 Å². The van der Waals surface area contributed by atoms with Gasteiger partial charge in [-0.05, 0) is 61.7 Å². The molecular weight excluding hydrogens is 280 g/mol. The lowest BCUT2D eigenvalue weighted by Crippen LogP contribution is -2.75. The van der Waals surface area contributed by atoms with Crippen LogP contribution in [0.5, 0.6) is 0 Å². The Kier molecular flexibility index (Phi) is 5.14. The molecule has 0 aromatic carbocycles. The molecule has 0 aromatic rings. The molecule has 0 aliphatic heterocycles. The maximum Gasteiger partial charge on any atom is 0.0321 e. The van der Waals surface area contributed by atoms with Crippen molar-refractivity contribution < 1.29 is 0 Å². The van der Waals surface area contributed by atoms with Crippen molar-refractivity contribution in [3.8, 4) is 0 Å². The first-order valence-electron chi connectivity index (χ1n) is 10.5. The van der Waals surface area contributed by atoms with E-state index in [0.717, 1.165) is 5.92 Å². The molecule has 23 heavy (non-hydrogen) atoms. The first-order valence-corrected chi connectivity index (χ1v) is 10.5. The van der Waals surface area contributed by atoms with Gasteiger partial charge in [-0.3, -0.25) is 0 Å². The largest absolute Gasteiger partial charge is 0.326 e. The molecule has 4 aliphatic rings. The fraction of sp³-hybridized carbons (Fsp3) is 1.00. The van der Waals surface area contributed by atoms with Gasteiger partial charge in [0.15, 0.2) is 0 Å². The molecule has 0 aromatic heterocycles. The summed E-state index contributed by atoms with van der Waals surface area (Å²) in [5, 5.41) is 0. The van der Waals surface area contributed by atoms with Crippen molar-refractivity contribution >= 4 is 0 Å². The predicted octanol–water partition coefficient (Wildman–Crippen LogP) is 5.14. The van der Waals surface area contributed by atoms with Crippen LogP contribution in [0, 0.1) is 16.7 Å². The fourth-order valence-electron chi connectivity index (χ4n) is 7.10. The van der Waals surface area contributed by atoms with Crippen LogP contribution in [-0.2, 0) is 0 Å². The maximum atomic E-state index is 6.94. The molecule has 4 bridgehead atoms. The van der Waals surface area contributed by atoms with Crippen LogP contribution >= 0.6 is 0 Å². The normalized spacial score (nSPS) is 44.9. The second-order valence-electron chi connectivity index (χ2n) is 9.67. The Morgan fingerprint density at radius 2 is 1.52 bits per heavy atom. The predicted molar refractivity (Wildman–Crippen MR) is 99.2 cm³/mol. The molecular formula is C21H40N2. The van der Waals surface area contributed by atoms with Gasteiger partial charge < -0.3 is 11.5 Å². The Morgan fingerprint density at radius 1 is 0.826 bits per heavy atom. The Morgan fingerprint density at radius 3 is 2.26 bits per heavy atom. The molecule has 0 saturated heterocycles. The minimum Gasteiger partial charge on any atom is -0.326 e. The number of hydrogen-bond donors (Lipinski definition) is 2. The van der Waals surface area contributed by atoms with Gasteiger partial charge >= 0.3 is 0 Å². The zero-order chi connectivity index (χ0) is 16.6. The van der Waals surface area contributed by atoms with Crippen LogP contribution in [0.2, 0.25) is 0 Å². The summed E-state index contributed by atoms with van der Waals surface area (Å²) in [5.74, 6) is 0.870. The molecule has 5 atom stereocenters. The topological polar surface area (TPSA) is 52.0 Å². The summed E-state index contributed by atoms with van der Waals surface area (Å²) in [7, 11) is 0. The summed E-state index contributed by atoms with van der Waals surface area (Å²) in [6, 6.07) is 0.257. The third kappa shape index (κ3) is 3.23. The Labute approximate surface area is 144 Å². The number of nitrogens with two attached hydrogens (primary N) is 2. The van der Waals surface area contributed by atoms with Crippen molar-refractivity contribution in [1.29, 1.82) is 0 Å². The van der Waals surface area contributed by atoms with Gasteiger partial charge in [0, 0.05) is 11.6 Å². The minimum absolute atomic E-state index is 0.0453. The van der Waals surface area contributed by atoms with Gasteiger partial charge in [-0.1, -0.05) is 58.8 Å².